The van der Waals surface area contributed by atoms with Crippen LogP contribution in [0, 0.1) is 5.82 Å². The molecule has 0 aliphatic carbocycles. The summed E-state index contributed by atoms with van der Waals surface area (Å²) in [4.78, 5) is 4.13. The molecule has 0 radical (unpaired) electrons. The molecule has 0 aliphatic rings. The SMILES string of the molecule is Fc1ccc(-c2[nH]ncc2CN[C@@H](Cn2ccnc2)c2ccccc2)cc1. The van der Waals surface area contributed by atoms with Crippen molar-refractivity contribution in [2.45, 2.75) is 19.1 Å². The van der Waals surface area contributed by atoms with Crippen molar-refractivity contribution in [2.75, 3.05) is 0 Å². The van der Waals surface area contributed by atoms with E-state index in [2.05, 4.69) is 37.2 Å². The minimum absolute atomic E-state index is 0.122. The third kappa shape index (κ3) is 4.12. The highest BCUT2D eigenvalue weighted by atomic mass is 19.1. The van der Waals surface area contributed by atoms with Gasteiger partial charge in [-0.15, -0.1) is 0 Å². The fraction of sp³-hybridized carbons (Fsp3) is 0.143. The van der Waals surface area contributed by atoms with Crippen LogP contribution in [0.5, 0.6) is 0 Å². The van der Waals surface area contributed by atoms with Crippen LogP contribution in [-0.2, 0) is 13.1 Å². The Morgan fingerprint density at radius 1 is 1.07 bits per heavy atom. The number of benzene rings is 2. The maximum absolute atomic E-state index is 13.2. The third-order valence-corrected chi connectivity index (χ3v) is 4.54. The summed E-state index contributed by atoms with van der Waals surface area (Å²) in [5, 5.41) is 10.8. The van der Waals surface area contributed by atoms with Gasteiger partial charge in [0.15, 0.2) is 0 Å². The quantitative estimate of drug-likeness (QED) is 0.524. The van der Waals surface area contributed by atoms with Crippen LogP contribution in [0.2, 0.25) is 0 Å². The van der Waals surface area contributed by atoms with Gasteiger partial charge in [-0.05, 0) is 29.8 Å². The van der Waals surface area contributed by atoms with E-state index in [9.17, 15) is 4.39 Å². The number of aromatic amines is 1. The Kier molecular flexibility index (Phi) is 5.07. The van der Waals surface area contributed by atoms with Crippen molar-refractivity contribution < 1.29 is 4.39 Å². The lowest BCUT2D eigenvalue weighted by atomic mass is 10.1. The van der Waals surface area contributed by atoms with E-state index in [1.54, 1.807) is 18.3 Å². The molecule has 0 saturated carbocycles. The number of rotatable bonds is 7. The van der Waals surface area contributed by atoms with Crippen molar-refractivity contribution in [3.05, 3.63) is 96.5 Å². The standard InChI is InChI=1S/C21H20FN5/c22-19-8-6-17(7-9-19)21-18(13-25-26-21)12-24-20(14-27-11-10-23-15-27)16-4-2-1-3-5-16/h1-11,13,15,20,24H,12,14H2,(H,25,26)/t20-/m0/s1. The molecule has 0 aliphatic heterocycles. The predicted molar refractivity (Wildman–Crippen MR) is 102 cm³/mol. The van der Waals surface area contributed by atoms with Crippen molar-refractivity contribution in [3.8, 4) is 11.3 Å². The summed E-state index contributed by atoms with van der Waals surface area (Å²) in [6.07, 6.45) is 7.37. The highest BCUT2D eigenvalue weighted by Gasteiger charge is 2.14. The summed E-state index contributed by atoms with van der Waals surface area (Å²) < 4.78 is 15.3. The first-order valence-corrected chi connectivity index (χ1v) is 8.82. The molecule has 2 aromatic carbocycles. The Labute approximate surface area is 156 Å². The fourth-order valence-electron chi connectivity index (χ4n) is 3.12. The number of H-pyrrole nitrogens is 1. The zero-order valence-electron chi connectivity index (χ0n) is 14.7. The number of hydrogen-bond donors (Lipinski definition) is 2. The average molecular weight is 361 g/mol. The number of hydrogen-bond acceptors (Lipinski definition) is 3. The molecule has 0 bridgehead atoms. The molecular formula is C21H20FN5. The summed E-state index contributed by atoms with van der Waals surface area (Å²) in [5.74, 6) is -0.248. The summed E-state index contributed by atoms with van der Waals surface area (Å²) in [7, 11) is 0. The topological polar surface area (TPSA) is 58.5 Å². The van der Waals surface area contributed by atoms with E-state index >= 15 is 0 Å². The zero-order valence-corrected chi connectivity index (χ0v) is 14.7. The Balaban J connectivity index is 1.53. The van der Waals surface area contributed by atoms with Crippen molar-refractivity contribution in [1.82, 2.24) is 25.1 Å². The molecule has 0 unspecified atom stereocenters. The first-order chi connectivity index (χ1) is 13.3. The van der Waals surface area contributed by atoms with Crippen LogP contribution >= 0.6 is 0 Å². The van der Waals surface area contributed by atoms with E-state index < -0.39 is 0 Å². The molecule has 4 aromatic rings. The summed E-state index contributed by atoms with van der Waals surface area (Å²) in [6, 6.07) is 16.9. The van der Waals surface area contributed by atoms with Crippen molar-refractivity contribution >= 4 is 0 Å². The Bertz CT molecular complexity index is 962. The number of imidazole rings is 1. The molecule has 6 heteroatoms. The highest BCUT2D eigenvalue weighted by molar-refractivity contribution is 5.62. The normalized spacial score (nSPS) is 12.2. The maximum atomic E-state index is 13.2. The van der Waals surface area contributed by atoms with Crippen LogP contribution in [0.4, 0.5) is 4.39 Å². The molecule has 2 aromatic heterocycles. The largest absolute Gasteiger partial charge is 0.336 e. The van der Waals surface area contributed by atoms with Gasteiger partial charge in [-0.1, -0.05) is 30.3 Å². The first kappa shape index (κ1) is 17.2. The predicted octanol–water partition coefficient (Wildman–Crippen LogP) is 3.94. The molecule has 0 spiro atoms. The average Bonchev–Trinajstić information content (AvgIpc) is 3.38. The van der Waals surface area contributed by atoms with E-state index in [4.69, 9.17) is 0 Å². The molecule has 1 atom stereocenters. The van der Waals surface area contributed by atoms with Crippen LogP contribution in [-0.4, -0.2) is 19.7 Å². The van der Waals surface area contributed by atoms with Gasteiger partial charge in [0.25, 0.3) is 0 Å². The third-order valence-electron chi connectivity index (χ3n) is 4.54. The van der Waals surface area contributed by atoms with E-state index in [-0.39, 0.29) is 11.9 Å². The van der Waals surface area contributed by atoms with E-state index in [1.807, 2.05) is 36.9 Å². The number of nitrogens with one attached hydrogen (secondary N) is 2. The molecular weight excluding hydrogens is 341 g/mol. The summed E-state index contributed by atoms with van der Waals surface area (Å²) >= 11 is 0. The molecule has 0 saturated heterocycles. The minimum Gasteiger partial charge on any atom is -0.336 e. The fourth-order valence-corrected chi connectivity index (χ4v) is 3.12. The van der Waals surface area contributed by atoms with Crippen LogP contribution < -0.4 is 5.32 Å². The zero-order chi connectivity index (χ0) is 18.5. The van der Waals surface area contributed by atoms with E-state index in [1.165, 1.54) is 17.7 Å². The van der Waals surface area contributed by atoms with Gasteiger partial charge in [0.1, 0.15) is 5.82 Å². The number of nitrogens with zero attached hydrogens (tertiary/aromatic N) is 3. The number of aromatic nitrogens is 4. The monoisotopic (exact) mass is 361 g/mol. The number of halogens is 1. The molecule has 2 N–H and O–H groups in total. The smallest absolute Gasteiger partial charge is 0.123 e. The van der Waals surface area contributed by atoms with E-state index in [0.717, 1.165) is 23.4 Å². The van der Waals surface area contributed by atoms with Crippen molar-refractivity contribution in [2.24, 2.45) is 0 Å². The highest BCUT2D eigenvalue weighted by Crippen LogP contribution is 2.23. The van der Waals surface area contributed by atoms with E-state index in [0.29, 0.717) is 6.54 Å². The van der Waals surface area contributed by atoms with Crippen molar-refractivity contribution in [3.63, 3.8) is 0 Å². The molecule has 0 fully saturated rings. The van der Waals surface area contributed by atoms with Crippen molar-refractivity contribution in [1.29, 1.82) is 0 Å². The van der Waals surface area contributed by atoms with Crippen LogP contribution in [0.15, 0.2) is 79.5 Å². The van der Waals surface area contributed by atoms with Crippen LogP contribution in [0.3, 0.4) is 0 Å². The first-order valence-electron chi connectivity index (χ1n) is 8.82. The second-order valence-corrected chi connectivity index (χ2v) is 6.38. The van der Waals surface area contributed by atoms with Gasteiger partial charge in [0.2, 0.25) is 0 Å². The second-order valence-electron chi connectivity index (χ2n) is 6.38. The maximum Gasteiger partial charge on any atom is 0.123 e. The molecule has 27 heavy (non-hydrogen) atoms. The summed E-state index contributed by atoms with van der Waals surface area (Å²) in [5.41, 5.74) is 4.06. The lowest BCUT2D eigenvalue weighted by Gasteiger charge is -2.20. The van der Waals surface area contributed by atoms with Gasteiger partial charge >= 0.3 is 0 Å². The lowest BCUT2D eigenvalue weighted by molar-refractivity contribution is 0.462. The molecule has 5 nitrogen and oxygen atoms in total. The molecule has 136 valence electrons. The van der Waals surface area contributed by atoms with Gasteiger partial charge in [-0.3, -0.25) is 5.10 Å². The van der Waals surface area contributed by atoms with Crippen LogP contribution in [0.25, 0.3) is 11.3 Å². The molecule has 0 amide bonds. The summed E-state index contributed by atoms with van der Waals surface area (Å²) in [6.45, 7) is 1.41. The van der Waals surface area contributed by atoms with Gasteiger partial charge in [-0.2, -0.15) is 5.10 Å². The Hall–Kier alpha value is -3.25. The van der Waals surface area contributed by atoms with Gasteiger partial charge < -0.3 is 9.88 Å². The minimum atomic E-state index is -0.248. The lowest BCUT2D eigenvalue weighted by Crippen LogP contribution is -2.25. The van der Waals surface area contributed by atoms with Crippen LogP contribution in [0.1, 0.15) is 17.2 Å². The van der Waals surface area contributed by atoms with Gasteiger partial charge in [0, 0.05) is 36.6 Å². The molecule has 2 heterocycles. The van der Waals surface area contributed by atoms with Gasteiger partial charge in [0.05, 0.1) is 24.3 Å². The Morgan fingerprint density at radius 3 is 2.63 bits per heavy atom. The molecule has 4 rings (SSSR count). The second kappa shape index (κ2) is 7.97. The Morgan fingerprint density at radius 2 is 1.89 bits per heavy atom. The van der Waals surface area contributed by atoms with Gasteiger partial charge in [-0.25, -0.2) is 9.37 Å².